The van der Waals surface area contributed by atoms with Crippen molar-refractivity contribution in [3.05, 3.63) is 58.1 Å². The van der Waals surface area contributed by atoms with Crippen molar-refractivity contribution >= 4 is 45.1 Å². The Labute approximate surface area is 132 Å². The van der Waals surface area contributed by atoms with E-state index in [1.165, 1.54) is 30.5 Å². The van der Waals surface area contributed by atoms with E-state index in [1.807, 2.05) is 0 Å². The molecule has 0 aliphatic heterocycles. The van der Waals surface area contributed by atoms with Gasteiger partial charge in [0.2, 0.25) is 0 Å². The van der Waals surface area contributed by atoms with Gasteiger partial charge < -0.3 is 5.73 Å². The molecule has 0 aliphatic carbocycles. The van der Waals surface area contributed by atoms with Crippen LogP contribution in [0.15, 0.2) is 52.5 Å². The van der Waals surface area contributed by atoms with E-state index >= 15 is 0 Å². The standard InChI is InChI=1S/C13H11Cl2N3O2S/c14-12-6-1-9(7-13(12)15)8-17-18-21(19,20)11-4-2-10(16)3-5-11/h1-8,18H,16H2/b17-8-. The molecule has 0 bridgehead atoms. The van der Waals surface area contributed by atoms with Crippen LogP contribution in [0.4, 0.5) is 5.69 Å². The monoisotopic (exact) mass is 343 g/mol. The van der Waals surface area contributed by atoms with Crippen LogP contribution in [0.1, 0.15) is 5.56 Å². The normalized spacial score (nSPS) is 11.7. The zero-order valence-corrected chi connectivity index (χ0v) is 13.0. The van der Waals surface area contributed by atoms with Crippen LogP contribution < -0.4 is 10.6 Å². The molecule has 110 valence electrons. The molecule has 0 spiro atoms. The first-order valence-electron chi connectivity index (χ1n) is 5.74. The predicted molar refractivity (Wildman–Crippen MR) is 85.2 cm³/mol. The van der Waals surface area contributed by atoms with Crippen molar-refractivity contribution in [1.82, 2.24) is 4.83 Å². The lowest BCUT2D eigenvalue weighted by Gasteiger charge is -2.03. The first-order chi connectivity index (χ1) is 9.88. The molecule has 2 aromatic carbocycles. The number of nitrogen functional groups attached to an aromatic ring is 1. The topological polar surface area (TPSA) is 84.5 Å². The summed E-state index contributed by atoms with van der Waals surface area (Å²) < 4.78 is 23.9. The summed E-state index contributed by atoms with van der Waals surface area (Å²) >= 11 is 11.6. The van der Waals surface area contributed by atoms with Crippen LogP contribution in [-0.4, -0.2) is 14.6 Å². The molecule has 5 nitrogen and oxygen atoms in total. The molecule has 21 heavy (non-hydrogen) atoms. The van der Waals surface area contributed by atoms with E-state index in [4.69, 9.17) is 28.9 Å². The zero-order valence-electron chi connectivity index (χ0n) is 10.6. The van der Waals surface area contributed by atoms with Crippen LogP contribution in [0, 0.1) is 0 Å². The van der Waals surface area contributed by atoms with E-state index in [-0.39, 0.29) is 4.90 Å². The molecule has 0 aliphatic rings. The van der Waals surface area contributed by atoms with Crippen LogP contribution in [0.5, 0.6) is 0 Å². The summed E-state index contributed by atoms with van der Waals surface area (Å²) in [7, 11) is -3.73. The molecule has 2 aromatic rings. The number of sulfonamides is 1. The molecule has 0 heterocycles. The minimum atomic E-state index is -3.73. The summed E-state index contributed by atoms with van der Waals surface area (Å²) in [5.74, 6) is 0. The fourth-order valence-electron chi connectivity index (χ4n) is 1.46. The van der Waals surface area contributed by atoms with Gasteiger partial charge >= 0.3 is 0 Å². The molecular formula is C13H11Cl2N3O2S. The molecule has 0 amide bonds. The smallest absolute Gasteiger partial charge is 0.276 e. The van der Waals surface area contributed by atoms with Gasteiger partial charge in [0.1, 0.15) is 0 Å². The van der Waals surface area contributed by atoms with Crippen molar-refractivity contribution in [2.75, 3.05) is 5.73 Å². The fourth-order valence-corrected chi connectivity index (χ4v) is 2.56. The van der Waals surface area contributed by atoms with Gasteiger partial charge in [0.15, 0.2) is 0 Å². The van der Waals surface area contributed by atoms with Crippen LogP contribution in [-0.2, 0) is 10.0 Å². The third-order valence-electron chi connectivity index (χ3n) is 2.52. The van der Waals surface area contributed by atoms with E-state index < -0.39 is 10.0 Å². The minimum absolute atomic E-state index is 0.0722. The van der Waals surface area contributed by atoms with E-state index in [1.54, 1.807) is 18.2 Å². The molecule has 0 radical (unpaired) electrons. The van der Waals surface area contributed by atoms with Crippen LogP contribution in [0.25, 0.3) is 0 Å². The first-order valence-corrected chi connectivity index (χ1v) is 7.98. The van der Waals surface area contributed by atoms with E-state index in [2.05, 4.69) is 9.93 Å². The average Bonchev–Trinajstić information content (AvgIpc) is 2.43. The fraction of sp³-hybridized carbons (Fsp3) is 0. The Balaban J connectivity index is 2.12. The van der Waals surface area contributed by atoms with Gasteiger partial charge in [0.05, 0.1) is 21.2 Å². The lowest BCUT2D eigenvalue weighted by atomic mass is 10.2. The quantitative estimate of drug-likeness (QED) is 0.508. The van der Waals surface area contributed by atoms with Gasteiger partial charge in [-0.3, -0.25) is 0 Å². The lowest BCUT2D eigenvalue weighted by Crippen LogP contribution is -2.18. The van der Waals surface area contributed by atoms with Gasteiger partial charge in [-0.05, 0) is 42.0 Å². The number of nitrogens with two attached hydrogens (primary N) is 1. The number of anilines is 1. The number of rotatable bonds is 4. The maximum Gasteiger partial charge on any atom is 0.276 e. The Bertz CT molecular complexity index is 775. The summed E-state index contributed by atoms with van der Waals surface area (Å²) in [4.78, 5) is 2.17. The second-order valence-electron chi connectivity index (χ2n) is 4.10. The number of nitrogens with zero attached hydrogens (tertiary/aromatic N) is 1. The molecule has 0 unspecified atom stereocenters. The maximum absolute atomic E-state index is 11.9. The highest BCUT2D eigenvalue weighted by atomic mass is 35.5. The molecule has 0 saturated carbocycles. The van der Waals surface area contributed by atoms with Gasteiger partial charge in [0.25, 0.3) is 10.0 Å². The Morgan fingerprint density at radius 2 is 1.71 bits per heavy atom. The lowest BCUT2D eigenvalue weighted by molar-refractivity contribution is 0.584. The molecule has 0 atom stereocenters. The van der Waals surface area contributed by atoms with Crippen LogP contribution in [0.3, 0.4) is 0 Å². The first kappa shape index (κ1) is 15.6. The number of nitrogens with one attached hydrogen (secondary N) is 1. The van der Waals surface area contributed by atoms with Gasteiger partial charge in [-0.15, -0.1) is 0 Å². The summed E-state index contributed by atoms with van der Waals surface area (Å²) in [6.45, 7) is 0. The Morgan fingerprint density at radius 3 is 2.33 bits per heavy atom. The van der Waals surface area contributed by atoms with E-state index in [9.17, 15) is 8.42 Å². The highest BCUT2D eigenvalue weighted by molar-refractivity contribution is 7.89. The summed E-state index contributed by atoms with van der Waals surface area (Å²) in [5, 5.41) is 4.46. The molecular weight excluding hydrogens is 333 g/mol. The highest BCUT2D eigenvalue weighted by Gasteiger charge is 2.11. The van der Waals surface area contributed by atoms with Crippen molar-refractivity contribution in [2.24, 2.45) is 5.10 Å². The number of hydrogen-bond acceptors (Lipinski definition) is 4. The Kier molecular flexibility index (Phi) is 4.72. The summed E-state index contributed by atoms with van der Waals surface area (Å²) in [6, 6.07) is 10.6. The summed E-state index contributed by atoms with van der Waals surface area (Å²) in [5.41, 5.74) is 6.60. The number of hydrazone groups is 1. The number of benzene rings is 2. The van der Waals surface area contributed by atoms with Crippen molar-refractivity contribution in [1.29, 1.82) is 0 Å². The van der Waals surface area contributed by atoms with Crippen LogP contribution >= 0.6 is 23.2 Å². The third kappa shape index (κ3) is 4.10. The van der Waals surface area contributed by atoms with E-state index in [0.29, 0.717) is 21.3 Å². The molecule has 8 heteroatoms. The van der Waals surface area contributed by atoms with Gasteiger partial charge in [-0.2, -0.15) is 13.5 Å². The highest BCUT2D eigenvalue weighted by Crippen LogP contribution is 2.21. The van der Waals surface area contributed by atoms with Gasteiger partial charge in [-0.1, -0.05) is 29.3 Å². The van der Waals surface area contributed by atoms with Crippen molar-refractivity contribution < 1.29 is 8.42 Å². The summed E-state index contributed by atoms with van der Waals surface area (Å²) in [6.07, 6.45) is 1.33. The van der Waals surface area contributed by atoms with Crippen molar-refractivity contribution in [3.8, 4) is 0 Å². The molecule has 0 saturated heterocycles. The average molecular weight is 344 g/mol. The zero-order chi connectivity index (χ0) is 15.5. The van der Waals surface area contributed by atoms with Crippen molar-refractivity contribution in [2.45, 2.75) is 4.90 Å². The Morgan fingerprint density at radius 1 is 1.05 bits per heavy atom. The molecule has 0 fully saturated rings. The molecule has 2 rings (SSSR count). The largest absolute Gasteiger partial charge is 0.399 e. The van der Waals surface area contributed by atoms with Gasteiger partial charge in [0, 0.05) is 5.69 Å². The Hall–Kier alpha value is -1.76. The second-order valence-corrected chi connectivity index (χ2v) is 6.57. The number of hydrogen-bond donors (Lipinski definition) is 2. The number of halogens is 2. The van der Waals surface area contributed by atoms with E-state index in [0.717, 1.165) is 0 Å². The SMILES string of the molecule is Nc1ccc(S(=O)(=O)N/N=C\c2ccc(Cl)c(Cl)c2)cc1. The minimum Gasteiger partial charge on any atom is -0.399 e. The van der Waals surface area contributed by atoms with Crippen LogP contribution in [0.2, 0.25) is 10.0 Å². The second kappa shape index (κ2) is 6.34. The predicted octanol–water partition coefficient (Wildman–Crippen LogP) is 2.89. The maximum atomic E-state index is 11.9. The molecule has 0 aromatic heterocycles. The molecule has 3 N–H and O–H groups in total. The van der Waals surface area contributed by atoms with Crippen molar-refractivity contribution in [3.63, 3.8) is 0 Å². The third-order valence-corrected chi connectivity index (χ3v) is 4.50. The van der Waals surface area contributed by atoms with Gasteiger partial charge in [-0.25, -0.2) is 4.83 Å².